The number of benzene rings is 1. The van der Waals surface area contributed by atoms with Gasteiger partial charge in [0, 0.05) is 25.7 Å². The van der Waals surface area contributed by atoms with Gasteiger partial charge in [-0.3, -0.25) is 4.79 Å². The molecule has 0 heterocycles. The van der Waals surface area contributed by atoms with E-state index in [1.165, 1.54) is 0 Å². The fourth-order valence-electron chi connectivity index (χ4n) is 3.00. The number of nitrogens with zero attached hydrogens (tertiary/aromatic N) is 1. The van der Waals surface area contributed by atoms with Crippen LogP contribution >= 0.6 is 0 Å². The van der Waals surface area contributed by atoms with E-state index in [2.05, 4.69) is 5.32 Å². The predicted molar refractivity (Wildman–Crippen MR) is 85.5 cm³/mol. The molecule has 5 heteroatoms. The van der Waals surface area contributed by atoms with E-state index in [-0.39, 0.29) is 5.91 Å². The Balaban J connectivity index is 2.17. The topological polar surface area (TPSA) is 78.6 Å². The Kier molecular flexibility index (Phi) is 4.73. The van der Waals surface area contributed by atoms with Crippen LogP contribution in [0.25, 0.3) is 0 Å². The summed E-state index contributed by atoms with van der Waals surface area (Å²) in [6.45, 7) is 3.02. The minimum atomic E-state index is -0.636. The number of nitrogens with one attached hydrogen (secondary N) is 1. The van der Waals surface area contributed by atoms with E-state index in [4.69, 9.17) is 5.73 Å². The van der Waals surface area contributed by atoms with E-state index in [1.54, 1.807) is 18.2 Å². The van der Waals surface area contributed by atoms with E-state index in [9.17, 15) is 9.90 Å². The van der Waals surface area contributed by atoms with Crippen LogP contribution in [0.15, 0.2) is 18.2 Å². The molecular formula is C16H25N3O2. The summed E-state index contributed by atoms with van der Waals surface area (Å²) in [4.78, 5) is 13.9. The third-order valence-corrected chi connectivity index (χ3v) is 4.11. The number of amides is 1. The molecule has 0 radical (unpaired) electrons. The molecular weight excluding hydrogens is 266 g/mol. The molecule has 0 aromatic heterocycles. The second-order valence-corrected chi connectivity index (χ2v) is 5.92. The Bertz CT molecular complexity index is 510. The molecule has 4 N–H and O–H groups in total. The molecule has 116 valence electrons. The third-order valence-electron chi connectivity index (χ3n) is 4.11. The Labute approximate surface area is 126 Å². The molecule has 0 aliphatic heterocycles. The summed E-state index contributed by atoms with van der Waals surface area (Å²) >= 11 is 0. The van der Waals surface area contributed by atoms with Crippen LogP contribution in [0.5, 0.6) is 0 Å². The molecule has 1 amide bonds. The minimum Gasteiger partial charge on any atom is -0.397 e. The van der Waals surface area contributed by atoms with Gasteiger partial charge in [-0.05, 0) is 38.0 Å². The van der Waals surface area contributed by atoms with Crippen molar-refractivity contribution >= 4 is 17.3 Å². The lowest BCUT2D eigenvalue weighted by Crippen LogP contribution is -2.39. The van der Waals surface area contributed by atoms with Crippen LogP contribution in [0.3, 0.4) is 0 Å². The maximum Gasteiger partial charge on any atom is 0.251 e. The first-order valence-electron chi connectivity index (χ1n) is 7.56. The largest absolute Gasteiger partial charge is 0.397 e. The summed E-state index contributed by atoms with van der Waals surface area (Å²) in [6, 6.07) is 5.26. The number of hydrogen-bond donors (Lipinski definition) is 3. The lowest BCUT2D eigenvalue weighted by Gasteiger charge is -2.31. The highest BCUT2D eigenvalue weighted by Gasteiger charge is 2.32. The predicted octanol–water partition coefficient (Wildman–Crippen LogP) is 1.76. The second-order valence-electron chi connectivity index (χ2n) is 5.92. The monoisotopic (exact) mass is 291 g/mol. The van der Waals surface area contributed by atoms with Crippen LogP contribution in [-0.4, -0.2) is 36.8 Å². The first-order valence-corrected chi connectivity index (χ1v) is 7.56. The molecule has 1 saturated carbocycles. The van der Waals surface area contributed by atoms with Crippen molar-refractivity contribution in [3.63, 3.8) is 0 Å². The van der Waals surface area contributed by atoms with Crippen molar-refractivity contribution in [3.05, 3.63) is 23.8 Å². The highest BCUT2D eigenvalue weighted by atomic mass is 16.3. The number of likely N-dealkylation sites (N-methyl/N-ethyl adjacent to an activating group) is 1. The Morgan fingerprint density at radius 3 is 2.71 bits per heavy atom. The van der Waals surface area contributed by atoms with Crippen molar-refractivity contribution in [2.24, 2.45) is 0 Å². The lowest BCUT2D eigenvalue weighted by molar-refractivity contribution is 0.0559. The van der Waals surface area contributed by atoms with E-state index in [1.807, 2.05) is 18.9 Å². The standard InChI is InChI=1S/C16H25N3O2/c1-3-18-15(20)12-6-7-13(17)14(10-12)19(2)11-16(21)8-4-5-9-16/h6-7,10,21H,3-5,8-9,11,17H2,1-2H3,(H,18,20). The van der Waals surface area contributed by atoms with Crippen LogP contribution in [0.2, 0.25) is 0 Å². The van der Waals surface area contributed by atoms with E-state index >= 15 is 0 Å². The number of nitrogens with two attached hydrogens (primary N) is 1. The van der Waals surface area contributed by atoms with Gasteiger partial charge in [0.25, 0.3) is 5.91 Å². The molecule has 0 atom stereocenters. The van der Waals surface area contributed by atoms with Crippen LogP contribution in [-0.2, 0) is 0 Å². The number of anilines is 2. The van der Waals surface area contributed by atoms with Gasteiger partial charge in [-0.1, -0.05) is 12.8 Å². The lowest BCUT2D eigenvalue weighted by atomic mass is 10.0. The summed E-state index contributed by atoms with van der Waals surface area (Å²) in [5, 5.41) is 13.3. The van der Waals surface area contributed by atoms with Crippen molar-refractivity contribution in [3.8, 4) is 0 Å². The summed E-state index contributed by atoms with van der Waals surface area (Å²) in [5.41, 5.74) is 7.39. The van der Waals surface area contributed by atoms with E-state index < -0.39 is 5.60 Å². The third kappa shape index (κ3) is 3.67. The normalized spacial score (nSPS) is 16.7. The molecule has 0 spiro atoms. The van der Waals surface area contributed by atoms with Crippen molar-refractivity contribution < 1.29 is 9.90 Å². The van der Waals surface area contributed by atoms with Gasteiger partial charge >= 0.3 is 0 Å². The number of aliphatic hydroxyl groups is 1. The van der Waals surface area contributed by atoms with Gasteiger partial charge in [0.2, 0.25) is 0 Å². The number of nitrogen functional groups attached to an aromatic ring is 1. The maximum absolute atomic E-state index is 11.9. The Morgan fingerprint density at radius 1 is 1.43 bits per heavy atom. The SMILES string of the molecule is CCNC(=O)c1ccc(N)c(N(C)CC2(O)CCCC2)c1. The number of carbonyl (C=O) groups excluding carboxylic acids is 1. The van der Waals surface area contributed by atoms with E-state index in [0.717, 1.165) is 31.4 Å². The molecule has 1 aromatic rings. The molecule has 21 heavy (non-hydrogen) atoms. The van der Waals surface area contributed by atoms with Crippen molar-refractivity contribution in [1.82, 2.24) is 5.32 Å². The summed E-state index contributed by atoms with van der Waals surface area (Å²) in [7, 11) is 1.91. The number of carbonyl (C=O) groups is 1. The molecule has 1 aliphatic carbocycles. The summed E-state index contributed by atoms with van der Waals surface area (Å²) < 4.78 is 0. The zero-order valence-corrected chi connectivity index (χ0v) is 12.9. The fraction of sp³-hybridized carbons (Fsp3) is 0.562. The Hall–Kier alpha value is -1.75. The van der Waals surface area contributed by atoms with Crippen LogP contribution in [0, 0.1) is 0 Å². The highest BCUT2D eigenvalue weighted by Crippen LogP contribution is 2.32. The van der Waals surface area contributed by atoms with Crippen LogP contribution in [0.1, 0.15) is 43.0 Å². The van der Waals surface area contributed by atoms with Crippen molar-refractivity contribution in [2.75, 3.05) is 30.8 Å². The second kappa shape index (κ2) is 6.35. The minimum absolute atomic E-state index is 0.105. The first-order chi connectivity index (χ1) is 9.95. The summed E-state index contributed by atoms with van der Waals surface area (Å²) in [6.07, 6.45) is 3.79. The average Bonchev–Trinajstić information content (AvgIpc) is 2.85. The van der Waals surface area contributed by atoms with Crippen molar-refractivity contribution in [1.29, 1.82) is 0 Å². The zero-order chi connectivity index (χ0) is 15.5. The van der Waals surface area contributed by atoms with Gasteiger partial charge in [-0.15, -0.1) is 0 Å². The molecule has 1 aromatic carbocycles. The molecule has 5 nitrogen and oxygen atoms in total. The Morgan fingerprint density at radius 2 is 2.10 bits per heavy atom. The van der Waals surface area contributed by atoms with Crippen LogP contribution in [0.4, 0.5) is 11.4 Å². The average molecular weight is 291 g/mol. The molecule has 1 fully saturated rings. The molecule has 1 aliphatic rings. The first kappa shape index (κ1) is 15.6. The van der Waals surface area contributed by atoms with Gasteiger partial charge < -0.3 is 21.1 Å². The molecule has 0 saturated heterocycles. The van der Waals surface area contributed by atoms with Crippen molar-refractivity contribution in [2.45, 2.75) is 38.2 Å². The van der Waals surface area contributed by atoms with E-state index in [0.29, 0.717) is 24.3 Å². The zero-order valence-electron chi connectivity index (χ0n) is 12.9. The summed E-state index contributed by atoms with van der Waals surface area (Å²) in [5.74, 6) is -0.105. The van der Waals surface area contributed by atoms with Gasteiger partial charge in [0.05, 0.1) is 17.0 Å². The van der Waals surface area contributed by atoms with Gasteiger partial charge in [0.15, 0.2) is 0 Å². The molecule has 2 rings (SSSR count). The molecule has 0 bridgehead atoms. The van der Waals surface area contributed by atoms with Gasteiger partial charge in [-0.25, -0.2) is 0 Å². The van der Waals surface area contributed by atoms with Gasteiger partial charge in [0.1, 0.15) is 0 Å². The quantitative estimate of drug-likeness (QED) is 0.722. The maximum atomic E-state index is 11.9. The highest BCUT2D eigenvalue weighted by molar-refractivity contribution is 5.96. The van der Waals surface area contributed by atoms with Crippen LogP contribution < -0.4 is 16.0 Å². The molecule has 0 unspecified atom stereocenters. The number of rotatable bonds is 5. The van der Waals surface area contributed by atoms with Gasteiger partial charge in [-0.2, -0.15) is 0 Å². The fourth-order valence-corrected chi connectivity index (χ4v) is 3.00. The number of hydrogen-bond acceptors (Lipinski definition) is 4. The smallest absolute Gasteiger partial charge is 0.251 e.